The summed E-state index contributed by atoms with van der Waals surface area (Å²) in [5.74, 6) is -0.732. The van der Waals surface area contributed by atoms with Crippen LogP contribution < -0.4 is 0 Å². The molecule has 0 aliphatic carbocycles. The van der Waals surface area contributed by atoms with Gasteiger partial charge in [-0.3, -0.25) is 4.55 Å². The zero-order chi connectivity index (χ0) is 9.35. The molecule has 0 bridgehead atoms. The minimum Gasteiger partial charge on any atom is -0.282 e. The van der Waals surface area contributed by atoms with Crippen LogP contribution in [0.5, 0.6) is 0 Å². The van der Waals surface area contributed by atoms with E-state index in [1.807, 2.05) is 0 Å². The van der Waals surface area contributed by atoms with Gasteiger partial charge in [0.2, 0.25) is 0 Å². The maximum Gasteiger partial charge on any atom is 0.294 e. The first-order chi connectivity index (χ1) is 5.41. The molecule has 1 N–H and O–H groups in total. The Bertz CT molecular complexity index is 404. The Balaban J connectivity index is 0.00000144. The number of halogens is 3. The molecule has 1 rings (SSSR count). The smallest absolute Gasteiger partial charge is 0.282 e. The Kier molecular flexibility index (Phi) is 4.12. The van der Waals surface area contributed by atoms with Crippen LogP contribution >= 0.6 is 24.0 Å². The number of rotatable bonds is 1. The topological polar surface area (TPSA) is 54.4 Å². The molecule has 0 fully saturated rings. The quantitative estimate of drug-likeness (QED) is 0.773. The average molecular weight is 247 g/mol. The second-order valence-corrected chi connectivity index (χ2v) is 3.88. The second-order valence-electron chi connectivity index (χ2n) is 2.05. The van der Waals surface area contributed by atoms with Gasteiger partial charge in [0.1, 0.15) is 5.82 Å². The fraction of sp³-hybridized carbons (Fsp3) is 0. The molecule has 0 aliphatic heterocycles. The van der Waals surface area contributed by atoms with E-state index in [0.29, 0.717) is 0 Å². The van der Waals surface area contributed by atoms with Gasteiger partial charge in [0.25, 0.3) is 10.1 Å². The van der Waals surface area contributed by atoms with E-state index in [1.165, 1.54) is 0 Å². The third-order valence-corrected chi connectivity index (χ3v) is 2.33. The minimum absolute atomic E-state index is 0. The first-order valence-corrected chi connectivity index (χ1v) is 4.65. The van der Waals surface area contributed by atoms with Crippen molar-refractivity contribution in [1.82, 2.24) is 0 Å². The summed E-state index contributed by atoms with van der Waals surface area (Å²) in [6.07, 6.45) is 0. The lowest BCUT2D eigenvalue weighted by Crippen LogP contribution is -1.97. The van der Waals surface area contributed by atoms with Crippen LogP contribution in [0, 0.1) is 5.82 Å². The van der Waals surface area contributed by atoms with Crippen LogP contribution in [0.15, 0.2) is 23.1 Å². The van der Waals surface area contributed by atoms with Crippen molar-refractivity contribution in [2.24, 2.45) is 0 Å². The molecule has 0 aromatic heterocycles. The minimum atomic E-state index is -4.29. The molecule has 13 heavy (non-hydrogen) atoms. The summed E-state index contributed by atoms with van der Waals surface area (Å²) in [5, 5.41) is -0.342. The molecule has 0 heterocycles. The predicted octanol–water partition coefficient (Wildman–Crippen LogP) is 2.15. The summed E-state index contributed by atoms with van der Waals surface area (Å²) in [6.45, 7) is 0. The fourth-order valence-corrected chi connectivity index (χ4v) is 1.39. The van der Waals surface area contributed by atoms with Gasteiger partial charge in [-0.2, -0.15) is 8.42 Å². The molecule has 0 unspecified atom stereocenters. The van der Waals surface area contributed by atoms with E-state index in [4.69, 9.17) is 16.2 Å². The molecule has 7 heteroatoms. The summed E-state index contributed by atoms with van der Waals surface area (Å²) >= 11 is 5.27. The van der Waals surface area contributed by atoms with Gasteiger partial charge in [-0.25, -0.2) is 4.39 Å². The Morgan fingerprint density at radius 2 is 1.92 bits per heavy atom. The molecular formula is C6H5Cl2FO3S. The van der Waals surface area contributed by atoms with Crippen LogP contribution in [0.4, 0.5) is 4.39 Å². The molecule has 0 amide bonds. The van der Waals surface area contributed by atoms with Gasteiger partial charge < -0.3 is 0 Å². The van der Waals surface area contributed by atoms with E-state index in [9.17, 15) is 12.8 Å². The first kappa shape index (κ1) is 12.6. The molecular weight excluding hydrogens is 242 g/mol. The Morgan fingerprint density at radius 3 is 2.31 bits per heavy atom. The van der Waals surface area contributed by atoms with Crippen LogP contribution in [0.1, 0.15) is 0 Å². The van der Waals surface area contributed by atoms with Gasteiger partial charge in [0.15, 0.2) is 0 Å². The van der Waals surface area contributed by atoms with Crippen molar-refractivity contribution in [2.75, 3.05) is 0 Å². The van der Waals surface area contributed by atoms with Gasteiger partial charge in [0.05, 0.1) is 9.92 Å². The van der Waals surface area contributed by atoms with Crippen LogP contribution in [0.3, 0.4) is 0 Å². The molecule has 0 spiro atoms. The highest BCUT2D eigenvalue weighted by Gasteiger charge is 2.11. The summed E-state index contributed by atoms with van der Waals surface area (Å²) < 4.78 is 41.9. The summed E-state index contributed by atoms with van der Waals surface area (Å²) in [4.78, 5) is -0.422. The first-order valence-electron chi connectivity index (χ1n) is 2.84. The molecule has 0 aliphatic rings. The Hall–Kier alpha value is -0.360. The SMILES string of the molecule is Cl.O=S(=O)(O)c1ccc(F)c(Cl)c1. The highest BCUT2D eigenvalue weighted by atomic mass is 35.5. The molecule has 1 aromatic carbocycles. The molecule has 74 valence electrons. The lowest BCUT2D eigenvalue weighted by atomic mass is 10.3. The average Bonchev–Trinajstić information content (AvgIpc) is 1.92. The standard InChI is InChI=1S/C6H4ClFO3S.ClH/c7-5-3-4(12(9,10)11)1-2-6(5)8;/h1-3H,(H,9,10,11);1H. The number of hydrogen-bond donors (Lipinski definition) is 1. The normalized spacial score (nSPS) is 10.7. The van der Waals surface area contributed by atoms with Crippen molar-refractivity contribution in [3.05, 3.63) is 29.0 Å². The largest absolute Gasteiger partial charge is 0.294 e. The van der Waals surface area contributed by atoms with Crippen LogP contribution in [0.2, 0.25) is 5.02 Å². The molecule has 0 radical (unpaired) electrons. The fourth-order valence-electron chi connectivity index (χ4n) is 0.637. The number of benzene rings is 1. The van der Waals surface area contributed by atoms with Gasteiger partial charge >= 0.3 is 0 Å². The zero-order valence-electron chi connectivity index (χ0n) is 6.07. The third-order valence-electron chi connectivity index (χ3n) is 1.19. The van der Waals surface area contributed by atoms with E-state index in [2.05, 4.69) is 0 Å². The van der Waals surface area contributed by atoms with Crippen LogP contribution in [-0.4, -0.2) is 13.0 Å². The van der Waals surface area contributed by atoms with Gasteiger partial charge in [-0.1, -0.05) is 11.6 Å². The van der Waals surface area contributed by atoms with Crippen molar-refractivity contribution in [2.45, 2.75) is 4.90 Å². The van der Waals surface area contributed by atoms with E-state index in [-0.39, 0.29) is 17.4 Å². The predicted molar refractivity (Wildman–Crippen MR) is 48.5 cm³/mol. The molecule has 0 saturated carbocycles. The van der Waals surface area contributed by atoms with Gasteiger partial charge in [-0.05, 0) is 18.2 Å². The molecule has 1 aromatic rings. The van der Waals surface area contributed by atoms with Crippen molar-refractivity contribution in [3.8, 4) is 0 Å². The summed E-state index contributed by atoms with van der Waals surface area (Å²) in [7, 11) is -4.29. The van der Waals surface area contributed by atoms with Crippen molar-refractivity contribution in [3.63, 3.8) is 0 Å². The Labute approximate surface area is 85.7 Å². The van der Waals surface area contributed by atoms with Crippen LogP contribution in [0.25, 0.3) is 0 Å². The highest BCUT2D eigenvalue weighted by molar-refractivity contribution is 7.85. The van der Waals surface area contributed by atoms with E-state index >= 15 is 0 Å². The second kappa shape index (κ2) is 4.23. The molecule has 0 atom stereocenters. The molecule has 3 nitrogen and oxygen atoms in total. The van der Waals surface area contributed by atoms with Crippen LogP contribution in [-0.2, 0) is 10.1 Å². The van der Waals surface area contributed by atoms with E-state index < -0.39 is 20.8 Å². The maximum atomic E-state index is 12.5. The van der Waals surface area contributed by atoms with Crippen molar-refractivity contribution >= 4 is 34.1 Å². The van der Waals surface area contributed by atoms with Gasteiger partial charge in [0, 0.05) is 0 Å². The zero-order valence-corrected chi connectivity index (χ0v) is 8.46. The lowest BCUT2D eigenvalue weighted by Gasteiger charge is -1.97. The summed E-state index contributed by atoms with van der Waals surface area (Å²) in [5.41, 5.74) is 0. The highest BCUT2D eigenvalue weighted by Crippen LogP contribution is 2.18. The summed E-state index contributed by atoms with van der Waals surface area (Å²) in [6, 6.07) is 2.63. The lowest BCUT2D eigenvalue weighted by molar-refractivity contribution is 0.483. The molecule has 0 saturated heterocycles. The monoisotopic (exact) mass is 246 g/mol. The van der Waals surface area contributed by atoms with E-state index in [0.717, 1.165) is 18.2 Å². The third kappa shape index (κ3) is 3.11. The van der Waals surface area contributed by atoms with Crippen molar-refractivity contribution < 1.29 is 17.4 Å². The Morgan fingerprint density at radius 1 is 1.38 bits per heavy atom. The van der Waals surface area contributed by atoms with E-state index in [1.54, 1.807) is 0 Å². The number of hydrogen-bond acceptors (Lipinski definition) is 2. The van der Waals surface area contributed by atoms with Gasteiger partial charge in [-0.15, -0.1) is 12.4 Å². The maximum absolute atomic E-state index is 12.5. The van der Waals surface area contributed by atoms with Crippen molar-refractivity contribution in [1.29, 1.82) is 0 Å².